The Kier molecular flexibility index (Phi) is 3.49. The van der Waals surface area contributed by atoms with E-state index in [2.05, 4.69) is 27.1 Å². The zero-order chi connectivity index (χ0) is 20.4. The Balaban J connectivity index is 1.33. The molecule has 0 bridgehead atoms. The number of hydrogen-bond acceptors (Lipinski definition) is 8. The summed E-state index contributed by atoms with van der Waals surface area (Å²) in [6, 6.07) is 16.2. The molecule has 146 valence electrons. The summed E-state index contributed by atoms with van der Waals surface area (Å²) in [6.45, 7) is 0. The molecule has 0 amide bonds. The average molecular weight is 438 g/mol. The van der Waals surface area contributed by atoms with Crippen LogP contribution in [-0.4, -0.2) is 24.9 Å². The third-order valence-electron chi connectivity index (χ3n) is 5.19. The molecule has 7 aromatic rings. The lowest BCUT2D eigenvalue weighted by Gasteiger charge is -1.95. The number of fused-ring (bicyclic) bond motifs is 5. The van der Waals surface area contributed by atoms with E-state index >= 15 is 0 Å². The molecule has 0 radical (unpaired) electrons. The van der Waals surface area contributed by atoms with Gasteiger partial charge >= 0.3 is 0 Å². The SMILES string of the molecule is c1ccc2c(c1)oc1nc(-c3cc4ncc(-c5cc6ncncc6s5)nc4s3)ccc12. The average Bonchev–Trinajstić information content (AvgIpc) is 3.52. The van der Waals surface area contributed by atoms with E-state index in [1.54, 1.807) is 29.0 Å². The predicted octanol–water partition coefficient (Wildman–Crippen LogP) is 6.32. The monoisotopic (exact) mass is 437 g/mol. The minimum atomic E-state index is 0.643. The van der Waals surface area contributed by atoms with Crippen LogP contribution < -0.4 is 0 Å². The maximum Gasteiger partial charge on any atom is 0.227 e. The molecule has 6 aromatic heterocycles. The number of thiophene rings is 2. The first-order chi connectivity index (χ1) is 15.3. The highest BCUT2D eigenvalue weighted by Gasteiger charge is 2.14. The fourth-order valence-electron chi connectivity index (χ4n) is 3.71. The first-order valence-corrected chi connectivity index (χ1v) is 11.2. The topological polar surface area (TPSA) is 77.6 Å². The Bertz CT molecular complexity index is 1730. The van der Waals surface area contributed by atoms with Gasteiger partial charge in [-0.1, -0.05) is 18.2 Å². The third-order valence-corrected chi connectivity index (χ3v) is 7.31. The molecule has 0 aliphatic heterocycles. The van der Waals surface area contributed by atoms with Crippen LogP contribution in [0.1, 0.15) is 0 Å². The minimum Gasteiger partial charge on any atom is -0.438 e. The number of para-hydroxylation sites is 1. The van der Waals surface area contributed by atoms with Crippen LogP contribution in [0.15, 0.2) is 71.7 Å². The molecule has 0 saturated carbocycles. The van der Waals surface area contributed by atoms with Gasteiger partial charge in [0.05, 0.1) is 31.9 Å². The van der Waals surface area contributed by atoms with Gasteiger partial charge in [-0.2, -0.15) is 0 Å². The smallest absolute Gasteiger partial charge is 0.227 e. The van der Waals surface area contributed by atoms with Crippen LogP contribution in [-0.2, 0) is 0 Å². The maximum atomic E-state index is 5.95. The molecule has 0 saturated heterocycles. The van der Waals surface area contributed by atoms with Crippen molar-refractivity contribution in [2.24, 2.45) is 0 Å². The van der Waals surface area contributed by atoms with Crippen LogP contribution in [0.3, 0.4) is 0 Å². The van der Waals surface area contributed by atoms with E-state index in [0.29, 0.717) is 5.71 Å². The van der Waals surface area contributed by atoms with E-state index in [-0.39, 0.29) is 0 Å². The molecule has 6 heterocycles. The Morgan fingerprint density at radius 2 is 1.65 bits per heavy atom. The highest BCUT2D eigenvalue weighted by atomic mass is 32.1. The van der Waals surface area contributed by atoms with Crippen molar-refractivity contribution in [3.63, 3.8) is 0 Å². The summed E-state index contributed by atoms with van der Waals surface area (Å²) in [5.41, 5.74) is 4.96. The Hall–Kier alpha value is -3.75. The van der Waals surface area contributed by atoms with E-state index in [1.807, 2.05) is 48.8 Å². The van der Waals surface area contributed by atoms with Gasteiger partial charge in [-0.15, -0.1) is 22.7 Å². The van der Waals surface area contributed by atoms with Gasteiger partial charge in [0.25, 0.3) is 0 Å². The van der Waals surface area contributed by atoms with Crippen LogP contribution in [0.5, 0.6) is 0 Å². The molecule has 0 aliphatic rings. The number of rotatable bonds is 2. The van der Waals surface area contributed by atoms with Gasteiger partial charge in [0.2, 0.25) is 5.71 Å². The molecule has 7 rings (SSSR count). The summed E-state index contributed by atoms with van der Waals surface area (Å²) in [5.74, 6) is 0. The number of pyridine rings is 1. The Morgan fingerprint density at radius 3 is 2.61 bits per heavy atom. The Labute approximate surface area is 182 Å². The lowest BCUT2D eigenvalue weighted by molar-refractivity contribution is 0.655. The van der Waals surface area contributed by atoms with Crippen LogP contribution in [0, 0.1) is 0 Å². The normalized spacial score (nSPS) is 11.9. The maximum absolute atomic E-state index is 5.95. The molecule has 1 aromatic carbocycles. The highest BCUT2D eigenvalue weighted by molar-refractivity contribution is 7.22. The summed E-state index contributed by atoms with van der Waals surface area (Å²) < 4.78 is 6.98. The molecular weight excluding hydrogens is 426 g/mol. The molecule has 0 spiro atoms. The standard InChI is InChI=1S/C23H11N5OS2/c1-2-4-18-12(3-1)13-5-6-14(27-22(13)29-18)19-8-16-23(31-19)28-17(9-25-16)20-7-15-21(30-20)10-24-11-26-15/h1-11H. The molecule has 0 aliphatic carbocycles. The van der Waals surface area contributed by atoms with Crippen molar-refractivity contribution in [2.45, 2.75) is 0 Å². The van der Waals surface area contributed by atoms with Crippen LogP contribution in [0.4, 0.5) is 0 Å². The first kappa shape index (κ1) is 17.0. The largest absolute Gasteiger partial charge is 0.438 e. The van der Waals surface area contributed by atoms with Crippen molar-refractivity contribution in [1.82, 2.24) is 24.9 Å². The fourth-order valence-corrected chi connectivity index (χ4v) is 5.61. The second-order valence-corrected chi connectivity index (χ2v) is 9.20. The van der Waals surface area contributed by atoms with Crippen molar-refractivity contribution < 1.29 is 4.42 Å². The molecule has 0 N–H and O–H groups in total. The quantitative estimate of drug-likeness (QED) is 0.315. The van der Waals surface area contributed by atoms with Crippen LogP contribution >= 0.6 is 22.7 Å². The number of aromatic nitrogens is 5. The molecule has 0 fully saturated rings. The summed E-state index contributed by atoms with van der Waals surface area (Å²) in [4.78, 5) is 25.6. The third kappa shape index (κ3) is 2.66. The summed E-state index contributed by atoms with van der Waals surface area (Å²) >= 11 is 3.20. The lowest BCUT2D eigenvalue weighted by Crippen LogP contribution is -1.82. The predicted molar refractivity (Wildman–Crippen MR) is 124 cm³/mol. The summed E-state index contributed by atoms with van der Waals surface area (Å²) in [6.07, 6.45) is 5.20. The van der Waals surface area contributed by atoms with Crippen molar-refractivity contribution in [3.8, 4) is 21.1 Å². The van der Waals surface area contributed by atoms with Crippen LogP contribution in [0.2, 0.25) is 0 Å². The van der Waals surface area contributed by atoms with E-state index in [9.17, 15) is 0 Å². The molecule has 0 atom stereocenters. The van der Waals surface area contributed by atoms with E-state index in [0.717, 1.165) is 58.1 Å². The van der Waals surface area contributed by atoms with E-state index < -0.39 is 0 Å². The van der Waals surface area contributed by atoms with Gasteiger partial charge in [-0.05, 0) is 30.3 Å². The second-order valence-electron chi connectivity index (χ2n) is 7.09. The van der Waals surface area contributed by atoms with E-state index in [4.69, 9.17) is 14.4 Å². The molecule has 8 heteroatoms. The van der Waals surface area contributed by atoms with Crippen LogP contribution in [0.25, 0.3) is 63.8 Å². The van der Waals surface area contributed by atoms with Gasteiger partial charge in [-0.3, -0.25) is 4.98 Å². The summed E-state index contributed by atoms with van der Waals surface area (Å²) in [5, 5.41) is 2.10. The molecular formula is C23H11N5OS2. The van der Waals surface area contributed by atoms with Gasteiger partial charge < -0.3 is 4.42 Å². The highest BCUT2D eigenvalue weighted by Crippen LogP contribution is 2.36. The zero-order valence-corrected chi connectivity index (χ0v) is 17.4. The van der Waals surface area contributed by atoms with Gasteiger partial charge in [0, 0.05) is 17.0 Å². The minimum absolute atomic E-state index is 0.643. The molecule has 0 unspecified atom stereocenters. The van der Waals surface area contributed by atoms with Crippen molar-refractivity contribution >= 4 is 65.3 Å². The van der Waals surface area contributed by atoms with Gasteiger partial charge in [-0.25, -0.2) is 19.9 Å². The van der Waals surface area contributed by atoms with Crippen molar-refractivity contribution in [2.75, 3.05) is 0 Å². The lowest BCUT2D eigenvalue weighted by atomic mass is 10.2. The zero-order valence-electron chi connectivity index (χ0n) is 15.8. The van der Waals surface area contributed by atoms with Crippen molar-refractivity contribution in [3.05, 3.63) is 67.3 Å². The Morgan fingerprint density at radius 1 is 0.742 bits per heavy atom. The number of benzene rings is 1. The fraction of sp³-hybridized carbons (Fsp3) is 0. The second kappa shape index (κ2) is 6.37. The number of nitrogens with zero attached hydrogens (tertiary/aromatic N) is 5. The summed E-state index contributed by atoms with van der Waals surface area (Å²) in [7, 11) is 0. The number of hydrogen-bond donors (Lipinski definition) is 0. The first-order valence-electron chi connectivity index (χ1n) is 9.57. The van der Waals surface area contributed by atoms with Gasteiger partial charge in [0.1, 0.15) is 28.0 Å². The van der Waals surface area contributed by atoms with E-state index in [1.165, 1.54) is 0 Å². The van der Waals surface area contributed by atoms with Crippen molar-refractivity contribution in [1.29, 1.82) is 0 Å². The molecule has 31 heavy (non-hydrogen) atoms. The number of furan rings is 1. The molecule has 6 nitrogen and oxygen atoms in total. The van der Waals surface area contributed by atoms with Gasteiger partial charge in [0.15, 0.2) is 0 Å².